The van der Waals surface area contributed by atoms with Gasteiger partial charge in [-0.05, 0) is 12.8 Å². The predicted molar refractivity (Wildman–Crippen MR) is 58.2 cm³/mol. The van der Waals surface area contributed by atoms with E-state index in [1.807, 2.05) is 0 Å². The summed E-state index contributed by atoms with van der Waals surface area (Å²) in [6.45, 7) is 0. The van der Waals surface area contributed by atoms with E-state index in [1.165, 1.54) is 11.3 Å². The van der Waals surface area contributed by atoms with E-state index in [-0.39, 0.29) is 0 Å². The molecule has 0 radical (unpaired) electrons. The maximum absolute atomic E-state index is 10.2. The van der Waals surface area contributed by atoms with Crippen molar-refractivity contribution in [3.05, 3.63) is 22.4 Å². The molecule has 0 saturated heterocycles. The molecule has 1 rings (SSSR count). The number of carboxylic acids is 1. The third-order valence-corrected chi connectivity index (χ3v) is 2.82. The first-order valence-corrected chi connectivity index (χ1v) is 5.00. The van der Waals surface area contributed by atoms with E-state index in [0.29, 0.717) is 17.8 Å². The Morgan fingerprint density at radius 3 is 2.79 bits per heavy atom. The molecule has 0 bridgehead atoms. The third-order valence-electron chi connectivity index (χ3n) is 1.74. The van der Waals surface area contributed by atoms with Gasteiger partial charge >= 0.3 is 5.97 Å². The highest BCUT2D eigenvalue weighted by Crippen LogP contribution is 2.28. The Morgan fingerprint density at radius 2 is 2.29 bits per heavy atom. The fraction of sp³-hybridized carbons (Fsp3) is 0.222. The van der Waals surface area contributed by atoms with Gasteiger partial charge in [-0.2, -0.15) is 0 Å². The molecule has 0 atom stereocenters. The lowest BCUT2D eigenvalue weighted by atomic mass is 10.2. The number of hydrogen-bond donors (Lipinski definition) is 3. The van der Waals surface area contributed by atoms with Crippen molar-refractivity contribution in [3.8, 4) is 0 Å². The Balaban J connectivity index is 2.46. The van der Waals surface area contributed by atoms with Crippen molar-refractivity contribution in [3.63, 3.8) is 0 Å². The van der Waals surface area contributed by atoms with Crippen LogP contribution in [-0.4, -0.2) is 11.1 Å². The minimum atomic E-state index is -0.927. The summed E-state index contributed by atoms with van der Waals surface area (Å²) in [4.78, 5) is 11.2. The van der Waals surface area contributed by atoms with Crippen LogP contribution in [0.5, 0.6) is 0 Å². The maximum atomic E-state index is 10.2. The van der Waals surface area contributed by atoms with Crippen LogP contribution >= 0.6 is 11.3 Å². The fourth-order valence-electron chi connectivity index (χ4n) is 1.01. The number of anilines is 2. The molecule has 0 aliphatic carbocycles. The van der Waals surface area contributed by atoms with E-state index in [9.17, 15) is 4.79 Å². The van der Waals surface area contributed by atoms with Gasteiger partial charge in [-0.1, -0.05) is 6.08 Å². The van der Waals surface area contributed by atoms with Crippen LogP contribution in [0.25, 0.3) is 0 Å². The number of thiophene rings is 1. The van der Waals surface area contributed by atoms with E-state index in [1.54, 1.807) is 11.5 Å². The molecule has 4 nitrogen and oxygen atoms in total. The molecule has 0 aliphatic heterocycles. The lowest BCUT2D eigenvalue weighted by molar-refractivity contribution is -0.131. The summed E-state index contributed by atoms with van der Waals surface area (Å²) < 4.78 is 0. The topological polar surface area (TPSA) is 89.3 Å². The molecule has 0 aliphatic rings. The normalized spacial score (nSPS) is 10.9. The molecule has 5 N–H and O–H groups in total. The standard InChI is InChI=1S/C9H12N2O2S/c10-6-5-14-7(9(6)11)3-1-2-4-8(12)13/h2,4-5H,1,3,10-11H2,(H,12,13). The molecular weight excluding hydrogens is 200 g/mol. The SMILES string of the molecule is Nc1csc(CCC=CC(=O)O)c1N. The molecule has 0 saturated carbocycles. The molecule has 1 aromatic rings. The first-order chi connectivity index (χ1) is 6.61. The van der Waals surface area contributed by atoms with E-state index in [0.717, 1.165) is 17.4 Å². The summed E-state index contributed by atoms with van der Waals surface area (Å²) in [5.74, 6) is -0.927. The van der Waals surface area contributed by atoms with E-state index < -0.39 is 5.97 Å². The Labute approximate surface area is 85.8 Å². The highest BCUT2D eigenvalue weighted by atomic mass is 32.1. The van der Waals surface area contributed by atoms with Crippen molar-refractivity contribution in [1.29, 1.82) is 0 Å². The third kappa shape index (κ3) is 2.77. The van der Waals surface area contributed by atoms with Crippen LogP contribution in [-0.2, 0) is 11.2 Å². The molecule has 0 unspecified atom stereocenters. The van der Waals surface area contributed by atoms with Gasteiger partial charge in [0.25, 0.3) is 0 Å². The average Bonchev–Trinajstić information content (AvgIpc) is 2.43. The molecule has 1 heterocycles. The summed E-state index contributed by atoms with van der Waals surface area (Å²) in [7, 11) is 0. The average molecular weight is 212 g/mol. The van der Waals surface area contributed by atoms with Crippen molar-refractivity contribution < 1.29 is 9.90 Å². The van der Waals surface area contributed by atoms with Gasteiger partial charge in [-0.3, -0.25) is 0 Å². The molecule has 1 aromatic heterocycles. The number of allylic oxidation sites excluding steroid dienone is 1. The number of nitrogen functional groups attached to an aromatic ring is 2. The number of rotatable bonds is 4. The Morgan fingerprint density at radius 1 is 1.57 bits per heavy atom. The highest BCUT2D eigenvalue weighted by molar-refractivity contribution is 7.11. The van der Waals surface area contributed by atoms with E-state index >= 15 is 0 Å². The number of hydrogen-bond acceptors (Lipinski definition) is 4. The first-order valence-electron chi connectivity index (χ1n) is 4.12. The van der Waals surface area contributed by atoms with Crippen LogP contribution in [0.1, 0.15) is 11.3 Å². The molecule has 5 heteroatoms. The summed E-state index contributed by atoms with van der Waals surface area (Å²) in [6, 6.07) is 0. The lowest BCUT2D eigenvalue weighted by Crippen LogP contribution is -1.93. The van der Waals surface area contributed by atoms with Crippen molar-refractivity contribution in [2.45, 2.75) is 12.8 Å². The van der Waals surface area contributed by atoms with Crippen molar-refractivity contribution >= 4 is 28.7 Å². The fourth-order valence-corrected chi connectivity index (χ4v) is 1.89. The van der Waals surface area contributed by atoms with Crippen LogP contribution < -0.4 is 11.5 Å². The first kappa shape index (κ1) is 10.6. The number of carboxylic acid groups (broad SMARTS) is 1. The van der Waals surface area contributed by atoms with Gasteiger partial charge < -0.3 is 16.6 Å². The highest BCUT2D eigenvalue weighted by Gasteiger charge is 2.03. The molecule has 76 valence electrons. The molecule has 0 spiro atoms. The second-order valence-electron chi connectivity index (χ2n) is 2.81. The van der Waals surface area contributed by atoms with Gasteiger partial charge in [0.2, 0.25) is 0 Å². The molecular formula is C9H12N2O2S. The predicted octanol–water partition coefficient (Wildman–Crippen LogP) is 1.49. The smallest absolute Gasteiger partial charge is 0.327 e. The quantitative estimate of drug-likeness (QED) is 0.659. The Kier molecular flexibility index (Phi) is 3.53. The van der Waals surface area contributed by atoms with Crippen molar-refractivity contribution in [1.82, 2.24) is 0 Å². The minimum Gasteiger partial charge on any atom is -0.478 e. The summed E-state index contributed by atoms with van der Waals surface area (Å²) in [5, 5.41) is 10.1. The van der Waals surface area contributed by atoms with Crippen LogP contribution in [0.4, 0.5) is 11.4 Å². The Hall–Kier alpha value is -1.49. The van der Waals surface area contributed by atoms with Crippen molar-refractivity contribution in [2.24, 2.45) is 0 Å². The summed E-state index contributed by atoms with van der Waals surface area (Å²) >= 11 is 1.50. The zero-order valence-electron chi connectivity index (χ0n) is 7.56. The molecule has 0 fully saturated rings. The lowest BCUT2D eigenvalue weighted by Gasteiger charge is -1.96. The van der Waals surface area contributed by atoms with E-state index in [2.05, 4.69) is 0 Å². The number of aliphatic carboxylic acids is 1. The summed E-state index contributed by atoms with van der Waals surface area (Å²) in [5.41, 5.74) is 12.5. The maximum Gasteiger partial charge on any atom is 0.327 e. The van der Waals surface area contributed by atoms with Gasteiger partial charge in [-0.15, -0.1) is 11.3 Å². The molecule has 0 aromatic carbocycles. The zero-order chi connectivity index (χ0) is 10.6. The van der Waals surface area contributed by atoms with Crippen LogP contribution in [0, 0.1) is 0 Å². The van der Waals surface area contributed by atoms with Gasteiger partial charge in [-0.25, -0.2) is 4.79 Å². The molecule has 0 amide bonds. The minimum absolute atomic E-state index is 0.604. The summed E-state index contributed by atoms with van der Waals surface area (Å²) in [6.07, 6.45) is 4.14. The molecule has 14 heavy (non-hydrogen) atoms. The van der Waals surface area contributed by atoms with Crippen LogP contribution in [0.15, 0.2) is 17.5 Å². The van der Waals surface area contributed by atoms with Gasteiger partial charge in [0.1, 0.15) is 0 Å². The van der Waals surface area contributed by atoms with Crippen LogP contribution in [0.2, 0.25) is 0 Å². The monoisotopic (exact) mass is 212 g/mol. The second-order valence-corrected chi connectivity index (χ2v) is 3.77. The van der Waals surface area contributed by atoms with Gasteiger partial charge in [0.05, 0.1) is 11.4 Å². The zero-order valence-corrected chi connectivity index (χ0v) is 8.38. The Bertz CT molecular complexity index is 358. The number of aryl methyl sites for hydroxylation is 1. The van der Waals surface area contributed by atoms with Crippen LogP contribution in [0.3, 0.4) is 0 Å². The van der Waals surface area contributed by atoms with Crippen molar-refractivity contribution in [2.75, 3.05) is 11.5 Å². The second kappa shape index (κ2) is 4.66. The number of carbonyl (C=O) groups is 1. The van der Waals surface area contributed by atoms with E-state index in [4.69, 9.17) is 16.6 Å². The number of nitrogens with two attached hydrogens (primary N) is 2. The largest absolute Gasteiger partial charge is 0.478 e. The van der Waals surface area contributed by atoms with Gasteiger partial charge in [0, 0.05) is 16.3 Å². The van der Waals surface area contributed by atoms with Gasteiger partial charge in [0.15, 0.2) is 0 Å².